The lowest BCUT2D eigenvalue weighted by molar-refractivity contribution is -0.268. The summed E-state index contributed by atoms with van der Waals surface area (Å²) in [5.41, 5.74) is 1.86. The quantitative estimate of drug-likeness (QED) is 0.126. The van der Waals surface area contributed by atoms with Gasteiger partial charge in [0, 0.05) is 48.0 Å². The van der Waals surface area contributed by atoms with Gasteiger partial charge in [-0.3, -0.25) is 0 Å². The third-order valence-corrected chi connectivity index (χ3v) is 9.35. The normalized spacial score (nSPS) is 22.1. The summed E-state index contributed by atoms with van der Waals surface area (Å²) in [7, 11) is 0. The summed E-state index contributed by atoms with van der Waals surface area (Å²) >= 11 is 1.82. The van der Waals surface area contributed by atoms with Crippen molar-refractivity contribution in [2.24, 2.45) is 0 Å². The fraction of sp³-hybridized carbons (Fsp3) is 0.622. The molecule has 4 rings (SSSR count). The molecular formula is C37H54O6S. The van der Waals surface area contributed by atoms with Crippen LogP contribution in [0.5, 0.6) is 5.75 Å². The highest BCUT2D eigenvalue weighted by atomic mass is 32.1. The highest BCUT2D eigenvalue weighted by Crippen LogP contribution is 2.41. The Morgan fingerprint density at radius 2 is 1.36 bits per heavy atom. The molecule has 1 aliphatic rings. The van der Waals surface area contributed by atoms with Crippen molar-refractivity contribution >= 4 is 21.4 Å². The topological polar surface area (TPSA) is 66.4 Å². The second kappa shape index (κ2) is 18.8. The van der Waals surface area contributed by atoms with Crippen LogP contribution < -0.4 is 0 Å². The Morgan fingerprint density at radius 3 is 2.05 bits per heavy atom. The van der Waals surface area contributed by atoms with Crippen LogP contribution in [0, 0.1) is 0 Å². The van der Waals surface area contributed by atoms with Crippen LogP contribution in [0.15, 0.2) is 48.5 Å². The van der Waals surface area contributed by atoms with Crippen LogP contribution in [0.4, 0.5) is 0 Å². The van der Waals surface area contributed by atoms with E-state index in [1.54, 1.807) is 6.07 Å². The molecule has 0 bridgehead atoms. The van der Waals surface area contributed by atoms with E-state index in [-0.39, 0.29) is 24.1 Å². The summed E-state index contributed by atoms with van der Waals surface area (Å²) in [6.07, 6.45) is 6.85. The number of fused-ring (bicyclic) bond motifs is 1. The summed E-state index contributed by atoms with van der Waals surface area (Å²) in [6, 6.07) is 16.7. The van der Waals surface area contributed by atoms with Gasteiger partial charge >= 0.3 is 0 Å². The van der Waals surface area contributed by atoms with Gasteiger partial charge in [0.15, 0.2) is 0 Å². The van der Waals surface area contributed by atoms with E-state index in [1.165, 1.54) is 15.0 Å². The molecule has 1 aliphatic heterocycles. The fourth-order valence-corrected chi connectivity index (χ4v) is 6.78. The molecule has 244 valence electrons. The minimum atomic E-state index is -0.522. The fourth-order valence-electron chi connectivity index (χ4n) is 5.68. The van der Waals surface area contributed by atoms with Gasteiger partial charge in [0.25, 0.3) is 0 Å². The molecule has 0 unspecified atom stereocenters. The van der Waals surface area contributed by atoms with E-state index in [4.69, 9.17) is 23.7 Å². The van der Waals surface area contributed by atoms with Crippen molar-refractivity contribution in [1.29, 1.82) is 0 Å². The summed E-state index contributed by atoms with van der Waals surface area (Å²) in [6.45, 7) is 11.6. The zero-order valence-corrected chi connectivity index (χ0v) is 28.1. The van der Waals surface area contributed by atoms with Crippen molar-refractivity contribution in [2.45, 2.75) is 116 Å². The molecule has 2 heterocycles. The Hall–Kier alpha value is -2.00. The van der Waals surface area contributed by atoms with Gasteiger partial charge in [-0.15, -0.1) is 11.3 Å². The second-order valence-corrected chi connectivity index (χ2v) is 13.1. The van der Waals surface area contributed by atoms with E-state index < -0.39 is 12.2 Å². The van der Waals surface area contributed by atoms with Gasteiger partial charge in [0.1, 0.15) is 36.3 Å². The van der Waals surface area contributed by atoms with Gasteiger partial charge in [0.2, 0.25) is 0 Å². The predicted molar refractivity (Wildman–Crippen MR) is 180 cm³/mol. The van der Waals surface area contributed by atoms with E-state index in [1.807, 2.05) is 17.4 Å². The van der Waals surface area contributed by atoms with E-state index >= 15 is 0 Å². The first-order chi connectivity index (χ1) is 21.6. The number of unbranched alkanes of at least 4 members (excludes halogenated alkanes) is 4. The molecule has 6 nitrogen and oxygen atoms in total. The maximum absolute atomic E-state index is 11.3. The maximum Gasteiger partial charge on any atom is 0.121 e. The first-order valence-corrected chi connectivity index (χ1v) is 17.8. The molecule has 44 heavy (non-hydrogen) atoms. The smallest absolute Gasteiger partial charge is 0.121 e. The van der Waals surface area contributed by atoms with Crippen molar-refractivity contribution in [2.75, 3.05) is 33.0 Å². The number of rotatable bonds is 20. The van der Waals surface area contributed by atoms with Crippen LogP contribution in [0.2, 0.25) is 0 Å². The molecular weight excluding hydrogens is 572 g/mol. The van der Waals surface area contributed by atoms with Crippen LogP contribution >= 0.6 is 11.3 Å². The van der Waals surface area contributed by atoms with Gasteiger partial charge < -0.3 is 28.8 Å². The summed E-state index contributed by atoms with van der Waals surface area (Å²) in [5.74, 6) is 0.211. The number of phenols is 1. The number of benzene rings is 2. The van der Waals surface area contributed by atoms with Gasteiger partial charge in [-0.1, -0.05) is 77.6 Å². The molecule has 0 spiro atoms. The molecule has 1 fully saturated rings. The third kappa shape index (κ3) is 9.75. The zero-order chi connectivity index (χ0) is 31.1. The number of phenolic OH excluding ortho intramolecular Hbond substituents is 1. The van der Waals surface area contributed by atoms with E-state index in [9.17, 15) is 5.11 Å². The van der Waals surface area contributed by atoms with Crippen molar-refractivity contribution in [3.8, 4) is 5.75 Å². The lowest BCUT2D eigenvalue weighted by Crippen LogP contribution is -2.58. The Morgan fingerprint density at radius 1 is 0.727 bits per heavy atom. The number of aromatic hydroxyl groups is 1. The predicted octanol–water partition coefficient (Wildman–Crippen LogP) is 9.01. The van der Waals surface area contributed by atoms with Crippen LogP contribution in [0.25, 0.3) is 10.1 Å². The molecule has 0 amide bonds. The average Bonchev–Trinajstić information content (AvgIpc) is 3.44. The van der Waals surface area contributed by atoms with Crippen molar-refractivity contribution in [1.82, 2.24) is 0 Å². The van der Waals surface area contributed by atoms with Crippen molar-refractivity contribution < 1.29 is 28.8 Å². The number of hydrogen-bond donors (Lipinski definition) is 1. The number of ether oxygens (including phenoxy) is 5. The molecule has 1 saturated heterocycles. The Bertz CT molecular complexity index is 1190. The molecule has 1 N–H and O–H groups in total. The number of hydrogen-bond acceptors (Lipinski definition) is 7. The molecule has 3 aromatic rings. The van der Waals surface area contributed by atoms with Crippen molar-refractivity contribution in [3.63, 3.8) is 0 Å². The first-order valence-electron chi connectivity index (χ1n) is 17.0. The van der Waals surface area contributed by atoms with Gasteiger partial charge in [-0.2, -0.15) is 0 Å². The minimum Gasteiger partial charge on any atom is -0.508 e. The van der Waals surface area contributed by atoms with Crippen LogP contribution in [-0.4, -0.2) is 62.6 Å². The molecule has 5 atom stereocenters. The van der Waals surface area contributed by atoms with Crippen LogP contribution in [0.3, 0.4) is 0 Å². The minimum absolute atomic E-state index is 0.211. The van der Waals surface area contributed by atoms with Gasteiger partial charge in [-0.05, 0) is 60.9 Å². The average molecular weight is 627 g/mol. The Labute approximate surface area is 269 Å². The van der Waals surface area contributed by atoms with E-state index in [2.05, 4.69) is 64.1 Å². The molecule has 0 aliphatic carbocycles. The Balaban J connectivity index is 1.68. The SMILES string of the molecule is CCCCOC[C@H]1O[C@@H](c2cc(Cc3cc4ccccc4s3)ccc2O)[C@H](OCCCC)[C@@H](OCCCC)[C@@H]1OCCCC. The lowest BCUT2D eigenvalue weighted by atomic mass is 9.89. The summed E-state index contributed by atoms with van der Waals surface area (Å²) in [4.78, 5) is 1.29. The molecule has 2 aromatic carbocycles. The monoisotopic (exact) mass is 626 g/mol. The summed E-state index contributed by atoms with van der Waals surface area (Å²) in [5, 5.41) is 12.6. The highest BCUT2D eigenvalue weighted by molar-refractivity contribution is 7.19. The Kier molecular flexibility index (Phi) is 14.9. The molecule has 1 aromatic heterocycles. The molecule has 0 saturated carbocycles. The second-order valence-electron chi connectivity index (χ2n) is 11.9. The van der Waals surface area contributed by atoms with Crippen molar-refractivity contribution in [3.05, 3.63) is 64.5 Å². The highest BCUT2D eigenvalue weighted by Gasteiger charge is 2.49. The first kappa shape index (κ1) is 34.9. The standard InChI is InChI=1S/C37H54O6S/c1-5-9-19-39-26-32-35(40-20-10-6-2)37(42-22-12-8-4)36(41-21-11-7-3)34(43-32)30-24-27(17-18-31(30)38)23-29-25-28-15-13-14-16-33(28)44-29/h13-18,24-25,32,34-38H,5-12,19-23,26H2,1-4H3/t32-,34+,35-,36+,37+/m1/s1. The molecule has 7 heteroatoms. The lowest BCUT2D eigenvalue weighted by Gasteiger charge is -2.46. The maximum atomic E-state index is 11.3. The van der Waals surface area contributed by atoms with Crippen LogP contribution in [0.1, 0.15) is 101 Å². The summed E-state index contributed by atoms with van der Waals surface area (Å²) < 4.78 is 34.2. The van der Waals surface area contributed by atoms with Gasteiger partial charge in [-0.25, -0.2) is 0 Å². The zero-order valence-electron chi connectivity index (χ0n) is 27.3. The largest absolute Gasteiger partial charge is 0.508 e. The van der Waals surface area contributed by atoms with Gasteiger partial charge in [0.05, 0.1) is 6.61 Å². The number of thiophene rings is 1. The third-order valence-electron chi connectivity index (χ3n) is 8.24. The molecule has 0 radical (unpaired) electrons. The van der Waals surface area contributed by atoms with Crippen LogP contribution in [-0.2, 0) is 30.1 Å². The van der Waals surface area contributed by atoms with E-state index in [0.29, 0.717) is 33.0 Å². The van der Waals surface area contributed by atoms with E-state index in [0.717, 1.165) is 68.9 Å².